The third kappa shape index (κ3) is 4.54. The lowest BCUT2D eigenvalue weighted by atomic mass is 9.81. The molecule has 0 saturated carbocycles. The van der Waals surface area contributed by atoms with Crippen molar-refractivity contribution in [1.29, 1.82) is 5.26 Å². The zero-order chi connectivity index (χ0) is 17.1. The summed E-state index contributed by atoms with van der Waals surface area (Å²) in [6.07, 6.45) is 1.93. The fraction of sp³-hybridized carbons (Fsp3) is 0.588. The van der Waals surface area contributed by atoms with Gasteiger partial charge in [0.2, 0.25) is 0 Å². The quantitative estimate of drug-likeness (QED) is 0.887. The van der Waals surface area contributed by atoms with Crippen molar-refractivity contribution in [2.45, 2.75) is 37.6 Å². The van der Waals surface area contributed by atoms with E-state index in [1.54, 1.807) is 0 Å². The van der Waals surface area contributed by atoms with Gasteiger partial charge in [-0.2, -0.15) is 5.26 Å². The number of rotatable bonds is 5. The molecule has 0 bridgehead atoms. The molecule has 0 aliphatic carbocycles. The number of hydrogen-bond acceptors (Lipinski definition) is 5. The fourth-order valence-corrected chi connectivity index (χ4v) is 4.32. The van der Waals surface area contributed by atoms with E-state index in [0.29, 0.717) is 12.1 Å². The highest BCUT2D eigenvalue weighted by atomic mass is 32.2. The van der Waals surface area contributed by atoms with Gasteiger partial charge in [0.1, 0.15) is 0 Å². The molecule has 1 fully saturated rings. The van der Waals surface area contributed by atoms with E-state index in [1.807, 2.05) is 6.07 Å². The van der Waals surface area contributed by atoms with Gasteiger partial charge in [-0.1, -0.05) is 13.8 Å². The Morgan fingerprint density at radius 3 is 2.57 bits per heavy atom. The first-order valence-corrected chi connectivity index (χ1v) is 9.50. The highest BCUT2D eigenvalue weighted by molar-refractivity contribution is 7.91. The summed E-state index contributed by atoms with van der Waals surface area (Å²) in [4.78, 5) is 2.33. The molecule has 0 radical (unpaired) electrons. The smallest absolute Gasteiger partial charge is 0.179 e. The van der Waals surface area contributed by atoms with Crippen LogP contribution < -0.4 is 0 Å². The fourth-order valence-electron chi connectivity index (χ4n) is 3.06. The Hall–Kier alpha value is -1.42. The number of piperidine rings is 1. The van der Waals surface area contributed by atoms with Gasteiger partial charge in [-0.05, 0) is 42.5 Å². The van der Waals surface area contributed by atoms with Gasteiger partial charge in [0, 0.05) is 19.1 Å². The van der Waals surface area contributed by atoms with Crippen molar-refractivity contribution in [3.05, 3.63) is 29.8 Å². The Morgan fingerprint density at radius 2 is 2.00 bits per heavy atom. The Morgan fingerprint density at radius 1 is 1.35 bits per heavy atom. The predicted molar refractivity (Wildman–Crippen MR) is 88.7 cm³/mol. The normalized spacial score (nSPS) is 21.7. The third-order valence-corrected chi connectivity index (χ3v) is 6.21. The zero-order valence-corrected chi connectivity index (χ0v) is 14.5. The summed E-state index contributed by atoms with van der Waals surface area (Å²) in [6.45, 7) is 5.61. The maximum Gasteiger partial charge on any atom is 0.179 e. The Bertz CT molecular complexity index is 675. The van der Waals surface area contributed by atoms with Gasteiger partial charge in [-0.15, -0.1) is 0 Å². The molecule has 1 aliphatic rings. The SMILES string of the molecule is CC1(C)CCC(CO)N(CCS(=O)(=O)c2ccc(C#N)cc2)C1. The van der Waals surface area contributed by atoms with Crippen molar-refractivity contribution >= 4 is 9.84 Å². The summed E-state index contributed by atoms with van der Waals surface area (Å²) in [5, 5.41) is 18.3. The summed E-state index contributed by atoms with van der Waals surface area (Å²) >= 11 is 0. The maximum atomic E-state index is 12.5. The molecule has 1 atom stereocenters. The average molecular weight is 336 g/mol. The number of hydrogen-bond donors (Lipinski definition) is 1. The largest absolute Gasteiger partial charge is 0.395 e. The van der Waals surface area contributed by atoms with Crippen molar-refractivity contribution in [1.82, 2.24) is 4.90 Å². The van der Waals surface area contributed by atoms with Gasteiger partial charge in [0.05, 0.1) is 28.9 Å². The molecule has 1 unspecified atom stereocenters. The van der Waals surface area contributed by atoms with E-state index in [9.17, 15) is 13.5 Å². The lowest BCUT2D eigenvalue weighted by Crippen LogP contribution is -2.49. The Kier molecular flexibility index (Phi) is 5.45. The van der Waals surface area contributed by atoms with Crippen LogP contribution in [0.3, 0.4) is 0 Å². The van der Waals surface area contributed by atoms with Crippen LogP contribution in [0.2, 0.25) is 0 Å². The first kappa shape index (κ1) is 17.9. The average Bonchev–Trinajstić information content (AvgIpc) is 2.52. The van der Waals surface area contributed by atoms with Gasteiger partial charge in [0.25, 0.3) is 0 Å². The van der Waals surface area contributed by atoms with Crippen molar-refractivity contribution in [3.63, 3.8) is 0 Å². The second-order valence-corrected chi connectivity index (χ2v) is 9.07. The highest BCUT2D eigenvalue weighted by Crippen LogP contribution is 2.31. The minimum atomic E-state index is -3.39. The number of aliphatic hydroxyl groups excluding tert-OH is 1. The molecule has 6 heteroatoms. The predicted octanol–water partition coefficient (Wildman–Crippen LogP) is 1.81. The van der Waals surface area contributed by atoms with E-state index in [0.717, 1.165) is 19.4 Å². The second-order valence-electron chi connectivity index (χ2n) is 6.96. The standard InChI is InChI=1S/C17H24N2O3S/c1-17(2)8-7-15(12-20)19(13-17)9-10-23(21,22)16-5-3-14(11-18)4-6-16/h3-6,15,20H,7-10,12-13H2,1-2H3. The van der Waals surface area contributed by atoms with Crippen molar-refractivity contribution in [2.75, 3.05) is 25.4 Å². The summed E-state index contributed by atoms with van der Waals surface area (Å²) < 4.78 is 24.9. The van der Waals surface area contributed by atoms with Crippen molar-refractivity contribution in [2.24, 2.45) is 5.41 Å². The van der Waals surface area contributed by atoms with E-state index in [2.05, 4.69) is 18.7 Å². The molecular weight excluding hydrogens is 312 g/mol. The van der Waals surface area contributed by atoms with Crippen LogP contribution in [0.1, 0.15) is 32.3 Å². The lowest BCUT2D eigenvalue weighted by molar-refractivity contribution is 0.0364. The minimum absolute atomic E-state index is 0.0193. The zero-order valence-electron chi connectivity index (χ0n) is 13.7. The molecule has 5 nitrogen and oxygen atoms in total. The van der Waals surface area contributed by atoms with Gasteiger partial charge >= 0.3 is 0 Å². The van der Waals surface area contributed by atoms with Crippen LogP contribution in [0.25, 0.3) is 0 Å². The van der Waals surface area contributed by atoms with Crippen LogP contribution in [0.5, 0.6) is 0 Å². The first-order chi connectivity index (χ1) is 10.8. The second kappa shape index (κ2) is 7.00. The van der Waals surface area contributed by atoms with Gasteiger partial charge in [-0.3, -0.25) is 4.90 Å². The number of likely N-dealkylation sites (tertiary alicyclic amines) is 1. The van der Waals surface area contributed by atoms with Crippen molar-refractivity contribution in [3.8, 4) is 6.07 Å². The highest BCUT2D eigenvalue weighted by Gasteiger charge is 2.33. The van der Waals surface area contributed by atoms with Crippen molar-refractivity contribution < 1.29 is 13.5 Å². The number of sulfone groups is 1. The minimum Gasteiger partial charge on any atom is -0.395 e. The Labute approximate surface area is 138 Å². The molecule has 0 aromatic heterocycles. The van der Waals surface area contributed by atoms with Gasteiger partial charge < -0.3 is 5.11 Å². The van der Waals surface area contributed by atoms with Crippen LogP contribution in [-0.2, 0) is 9.84 Å². The van der Waals surface area contributed by atoms with Crippen LogP contribution in [0, 0.1) is 16.7 Å². The first-order valence-electron chi connectivity index (χ1n) is 7.85. The van der Waals surface area contributed by atoms with Crippen LogP contribution in [-0.4, -0.2) is 49.9 Å². The molecule has 1 aromatic carbocycles. The van der Waals surface area contributed by atoms with E-state index in [1.165, 1.54) is 24.3 Å². The number of benzene rings is 1. The summed E-state index contributed by atoms with van der Waals surface area (Å²) in [6, 6.07) is 8.03. The molecule has 23 heavy (non-hydrogen) atoms. The summed E-state index contributed by atoms with van der Waals surface area (Å²) in [5.74, 6) is 0.0193. The van der Waals surface area contributed by atoms with Crippen LogP contribution >= 0.6 is 0 Å². The number of nitrogens with zero attached hydrogens (tertiary/aromatic N) is 2. The summed E-state index contributed by atoms with van der Waals surface area (Å²) in [7, 11) is -3.39. The van der Waals surface area contributed by atoms with E-state index >= 15 is 0 Å². The third-order valence-electron chi connectivity index (χ3n) is 4.50. The molecule has 1 aromatic rings. The van der Waals surface area contributed by atoms with Gasteiger partial charge in [0.15, 0.2) is 9.84 Å². The molecule has 1 aliphatic heterocycles. The van der Waals surface area contributed by atoms with E-state index in [4.69, 9.17) is 5.26 Å². The molecular formula is C17H24N2O3S. The van der Waals surface area contributed by atoms with E-state index < -0.39 is 9.84 Å². The van der Waals surface area contributed by atoms with E-state index in [-0.39, 0.29) is 28.7 Å². The number of aliphatic hydroxyl groups is 1. The maximum absolute atomic E-state index is 12.5. The lowest BCUT2D eigenvalue weighted by Gasteiger charge is -2.43. The Balaban J connectivity index is 2.06. The number of nitriles is 1. The molecule has 1 heterocycles. The molecule has 126 valence electrons. The van der Waals surface area contributed by atoms with Gasteiger partial charge in [-0.25, -0.2) is 8.42 Å². The molecule has 1 N–H and O–H groups in total. The monoisotopic (exact) mass is 336 g/mol. The molecule has 1 saturated heterocycles. The topological polar surface area (TPSA) is 81.4 Å². The molecule has 0 amide bonds. The molecule has 2 rings (SSSR count). The molecule has 0 spiro atoms. The van der Waals surface area contributed by atoms with Crippen LogP contribution in [0.15, 0.2) is 29.2 Å². The summed E-state index contributed by atoms with van der Waals surface area (Å²) in [5.41, 5.74) is 0.589. The van der Waals surface area contributed by atoms with Crippen LogP contribution in [0.4, 0.5) is 0 Å².